The topological polar surface area (TPSA) is 110 Å². The highest BCUT2D eigenvalue weighted by Crippen LogP contribution is 2.36. The van der Waals surface area contributed by atoms with E-state index >= 15 is 0 Å². The third-order valence-corrected chi connectivity index (χ3v) is 8.91. The van der Waals surface area contributed by atoms with Crippen LogP contribution in [0.15, 0.2) is 30.6 Å². The molecule has 2 saturated carbocycles. The van der Waals surface area contributed by atoms with Crippen LogP contribution in [0.5, 0.6) is 0 Å². The smallest absolute Gasteiger partial charge is 0.345 e. The number of aromatic nitrogens is 3. The van der Waals surface area contributed by atoms with Crippen LogP contribution in [-0.2, 0) is 20.9 Å². The molecule has 1 aromatic carbocycles. The van der Waals surface area contributed by atoms with Crippen molar-refractivity contribution in [2.75, 3.05) is 18.4 Å². The lowest BCUT2D eigenvalue weighted by Crippen LogP contribution is -2.47. The van der Waals surface area contributed by atoms with Gasteiger partial charge in [0.05, 0.1) is 28.5 Å². The van der Waals surface area contributed by atoms with Crippen LogP contribution in [0.2, 0.25) is 0 Å². The lowest BCUT2D eigenvalue weighted by atomic mass is 9.79. The fourth-order valence-electron chi connectivity index (χ4n) is 5.67. The molecule has 2 N–H and O–H groups in total. The number of aliphatic hydroxyl groups is 1. The van der Waals surface area contributed by atoms with Gasteiger partial charge in [-0.25, -0.2) is 15.0 Å². The first kappa shape index (κ1) is 26.6. The molecule has 0 radical (unpaired) electrons. The summed E-state index contributed by atoms with van der Waals surface area (Å²) in [5.41, 5.74) is 2.61. The molecule has 12 heteroatoms. The minimum Gasteiger partial charge on any atom is -0.390 e. The van der Waals surface area contributed by atoms with Gasteiger partial charge in [0.25, 0.3) is 0 Å². The second-order valence-corrected chi connectivity index (χ2v) is 11.6. The van der Waals surface area contributed by atoms with E-state index < -0.39 is 18.8 Å². The summed E-state index contributed by atoms with van der Waals surface area (Å²) in [5.74, 6) is 0.414. The first-order valence-electron chi connectivity index (χ1n) is 13.4. The molecule has 2 aromatic heterocycles. The van der Waals surface area contributed by atoms with Crippen molar-refractivity contribution in [3.63, 3.8) is 0 Å². The van der Waals surface area contributed by atoms with Crippen LogP contribution < -0.4 is 5.32 Å². The zero-order chi connectivity index (χ0) is 26.9. The van der Waals surface area contributed by atoms with E-state index in [0.717, 1.165) is 47.2 Å². The van der Waals surface area contributed by atoms with Gasteiger partial charge in [-0.3, -0.25) is 9.69 Å². The second-order valence-electron chi connectivity index (χ2n) is 10.6. The number of anilines is 1. The number of carbonyl (C=O) groups is 1. The Bertz CT molecular complexity index is 1300. The number of nitrogens with zero attached hydrogens (tertiary/aromatic N) is 4. The summed E-state index contributed by atoms with van der Waals surface area (Å²) < 4.78 is 36.2. The summed E-state index contributed by atoms with van der Waals surface area (Å²) in [5, 5.41) is 13.4. The van der Waals surface area contributed by atoms with Crippen LogP contribution in [0.3, 0.4) is 0 Å². The number of nitrogens with one attached hydrogen (secondary N) is 1. The Morgan fingerprint density at radius 1 is 1.18 bits per heavy atom. The maximum Gasteiger partial charge on any atom is 0.345 e. The number of amides is 1. The first-order chi connectivity index (χ1) is 18.9. The third kappa shape index (κ3) is 6.09. The first-order valence-corrected chi connectivity index (χ1v) is 14.2. The Balaban J connectivity index is 1.02. The van der Waals surface area contributed by atoms with E-state index in [1.807, 2.05) is 18.2 Å². The fourth-order valence-corrected chi connectivity index (χ4v) is 6.58. The number of thiazole rings is 1. The molecular weight excluding hydrogens is 528 g/mol. The Morgan fingerprint density at radius 2 is 2.00 bits per heavy atom. The van der Waals surface area contributed by atoms with Gasteiger partial charge in [-0.2, -0.15) is 8.78 Å². The van der Waals surface area contributed by atoms with Crippen LogP contribution in [0.4, 0.5) is 13.9 Å². The van der Waals surface area contributed by atoms with Gasteiger partial charge >= 0.3 is 6.61 Å². The number of hydrogen-bond acceptors (Lipinski definition) is 9. The van der Waals surface area contributed by atoms with E-state index in [1.54, 1.807) is 12.4 Å². The second kappa shape index (κ2) is 11.5. The largest absolute Gasteiger partial charge is 0.390 e. The summed E-state index contributed by atoms with van der Waals surface area (Å²) in [6.45, 7) is -1.25. The number of carbonyl (C=O) groups excluding carboxylic acids is 1. The van der Waals surface area contributed by atoms with Crippen molar-refractivity contribution in [2.45, 2.75) is 76.1 Å². The van der Waals surface area contributed by atoms with Crippen molar-refractivity contribution < 1.29 is 28.2 Å². The zero-order valence-corrected chi connectivity index (χ0v) is 22.2. The highest BCUT2D eigenvalue weighted by atomic mass is 32.1. The SMILES string of the molecule is O=C(Nc1nc2ccc(-c3cnc(CO[C@H]4CCC[C@@H]4O)nc3)cc2s1)C1CC(N2CC[C@@H](OC(F)F)C2)C1. The normalized spacial score (nSPS) is 27.3. The average molecular weight is 560 g/mol. The number of ether oxygens (including phenoxy) is 2. The van der Waals surface area contributed by atoms with Gasteiger partial charge in [0.2, 0.25) is 5.91 Å². The quantitative estimate of drug-likeness (QED) is 0.401. The number of fused-ring (bicyclic) bond motifs is 1. The van der Waals surface area contributed by atoms with Gasteiger partial charge in [-0.05, 0) is 56.2 Å². The number of likely N-dealkylation sites (tertiary alicyclic amines) is 1. The maximum atomic E-state index is 12.8. The Morgan fingerprint density at radius 3 is 2.74 bits per heavy atom. The molecule has 3 fully saturated rings. The molecule has 1 amide bonds. The van der Waals surface area contributed by atoms with Gasteiger partial charge < -0.3 is 19.9 Å². The lowest BCUT2D eigenvalue weighted by Gasteiger charge is -2.40. The molecule has 0 unspecified atom stereocenters. The number of alkyl halides is 2. The van der Waals surface area contributed by atoms with E-state index in [4.69, 9.17) is 4.74 Å². The number of aliphatic hydroxyl groups excluding tert-OH is 1. The van der Waals surface area contributed by atoms with Crippen LogP contribution in [-0.4, -0.2) is 74.9 Å². The maximum absolute atomic E-state index is 12.8. The summed E-state index contributed by atoms with van der Waals surface area (Å²) in [4.78, 5) is 28.3. The number of benzene rings is 1. The Kier molecular flexibility index (Phi) is 7.81. The molecule has 208 valence electrons. The van der Waals surface area contributed by atoms with Gasteiger partial charge in [-0.15, -0.1) is 0 Å². The van der Waals surface area contributed by atoms with Crippen molar-refractivity contribution in [2.24, 2.45) is 5.92 Å². The highest BCUT2D eigenvalue weighted by Gasteiger charge is 2.41. The summed E-state index contributed by atoms with van der Waals surface area (Å²) in [6, 6.07) is 6.12. The van der Waals surface area contributed by atoms with Crippen molar-refractivity contribution in [3.8, 4) is 11.1 Å². The standard InChI is InChI=1S/C27H31F2N5O4S/c28-26(29)38-19-6-7-34(13-19)18-8-16(9-18)25(36)33-27-32-20-5-4-15(10-23(20)39-27)17-11-30-24(31-12-17)14-37-22-3-1-2-21(22)35/h4-5,10-12,16,18-19,21-22,26,35H,1-3,6-9,13-14H2,(H,32,33,36)/t16?,18?,19-,21+,22+/m1/s1. The Hall–Kier alpha value is -2.64. The van der Waals surface area contributed by atoms with Crippen molar-refractivity contribution in [1.82, 2.24) is 19.9 Å². The number of hydrogen-bond donors (Lipinski definition) is 2. The van der Waals surface area contributed by atoms with Crippen LogP contribution in [0.25, 0.3) is 21.3 Å². The molecule has 9 nitrogen and oxygen atoms in total. The molecule has 3 aliphatic rings. The fraction of sp³-hybridized carbons (Fsp3) is 0.556. The van der Waals surface area contributed by atoms with E-state index in [0.29, 0.717) is 36.8 Å². The predicted octanol–water partition coefficient (Wildman–Crippen LogP) is 4.21. The molecule has 0 spiro atoms. The van der Waals surface area contributed by atoms with E-state index in [2.05, 4.69) is 29.9 Å². The van der Waals surface area contributed by atoms with Crippen LogP contribution >= 0.6 is 11.3 Å². The summed E-state index contributed by atoms with van der Waals surface area (Å²) >= 11 is 1.42. The highest BCUT2D eigenvalue weighted by molar-refractivity contribution is 7.22. The third-order valence-electron chi connectivity index (χ3n) is 7.97. The molecule has 1 saturated heterocycles. The number of rotatable bonds is 9. The molecule has 0 bridgehead atoms. The van der Waals surface area contributed by atoms with Gasteiger partial charge in [0.1, 0.15) is 6.61 Å². The number of halogens is 2. The molecular formula is C27H31F2N5O4S. The average Bonchev–Trinajstić information content (AvgIpc) is 3.61. The zero-order valence-electron chi connectivity index (χ0n) is 21.3. The molecule has 3 atom stereocenters. The molecule has 3 heterocycles. The molecule has 1 aliphatic heterocycles. The van der Waals surface area contributed by atoms with E-state index in [1.165, 1.54) is 11.3 Å². The molecule has 2 aliphatic carbocycles. The van der Waals surface area contributed by atoms with Crippen LogP contribution in [0.1, 0.15) is 44.3 Å². The van der Waals surface area contributed by atoms with Crippen molar-refractivity contribution in [3.05, 3.63) is 36.4 Å². The minimum atomic E-state index is -2.74. The van der Waals surface area contributed by atoms with Crippen LogP contribution in [0, 0.1) is 5.92 Å². The van der Waals surface area contributed by atoms with E-state index in [9.17, 15) is 18.7 Å². The summed E-state index contributed by atoms with van der Waals surface area (Å²) in [6.07, 6.45) is 7.18. The van der Waals surface area contributed by atoms with Crippen molar-refractivity contribution in [1.29, 1.82) is 0 Å². The Labute approximate surface area is 228 Å². The summed E-state index contributed by atoms with van der Waals surface area (Å²) in [7, 11) is 0. The monoisotopic (exact) mass is 559 g/mol. The predicted molar refractivity (Wildman–Crippen MR) is 141 cm³/mol. The lowest BCUT2D eigenvalue weighted by molar-refractivity contribution is -0.159. The van der Waals surface area contributed by atoms with E-state index in [-0.39, 0.29) is 30.6 Å². The van der Waals surface area contributed by atoms with Gasteiger partial charge in [0, 0.05) is 43.0 Å². The van der Waals surface area contributed by atoms with Crippen molar-refractivity contribution >= 4 is 32.6 Å². The molecule has 3 aromatic rings. The molecule has 39 heavy (non-hydrogen) atoms. The minimum absolute atomic E-state index is 0.0542. The van der Waals surface area contributed by atoms with Gasteiger partial charge in [-0.1, -0.05) is 17.4 Å². The van der Waals surface area contributed by atoms with Gasteiger partial charge in [0.15, 0.2) is 11.0 Å². The molecule has 6 rings (SSSR count).